The Morgan fingerprint density at radius 2 is 2.10 bits per heavy atom. The molecule has 0 fully saturated rings. The number of hydrogen-bond acceptors (Lipinski definition) is 5. The summed E-state index contributed by atoms with van der Waals surface area (Å²) in [5.41, 5.74) is 8.00. The number of nitrogen functional groups attached to an aromatic ring is 1. The normalized spacial score (nSPS) is 10.6. The molecule has 0 aliphatic rings. The van der Waals surface area contributed by atoms with E-state index in [4.69, 9.17) is 10.5 Å². The van der Waals surface area contributed by atoms with Gasteiger partial charge in [0.1, 0.15) is 23.7 Å². The van der Waals surface area contributed by atoms with Gasteiger partial charge in [0.15, 0.2) is 0 Å². The van der Waals surface area contributed by atoms with E-state index in [0.29, 0.717) is 12.4 Å². The largest absolute Gasteiger partial charge is 0.497 e. The molecule has 0 aliphatic heterocycles. The van der Waals surface area contributed by atoms with Crippen LogP contribution in [-0.2, 0) is 6.54 Å². The maximum Gasteiger partial charge on any atom is 0.135 e. The summed E-state index contributed by atoms with van der Waals surface area (Å²) in [4.78, 5) is 8.34. The number of ether oxygens (including phenoxy) is 1. The molecule has 1 heterocycles. The van der Waals surface area contributed by atoms with Gasteiger partial charge in [-0.25, -0.2) is 9.97 Å². The minimum atomic E-state index is 0.268. The molecule has 20 heavy (non-hydrogen) atoms. The van der Waals surface area contributed by atoms with Crippen molar-refractivity contribution >= 4 is 11.6 Å². The maximum absolute atomic E-state index is 5.93. The summed E-state index contributed by atoms with van der Waals surface area (Å²) in [7, 11) is 1.66. The molecule has 0 saturated heterocycles. The highest BCUT2D eigenvalue weighted by Gasteiger charge is 2.12. The summed E-state index contributed by atoms with van der Waals surface area (Å²) in [5, 5.41) is 3.32. The van der Waals surface area contributed by atoms with Gasteiger partial charge < -0.3 is 15.8 Å². The van der Waals surface area contributed by atoms with Crippen LogP contribution in [0.1, 0.15) is 30.9 Å². The highest BCUT2D eigenvalue weighted by atomic mass is 16.5. The average molecular weight is 272 g/mol. The molecule has 1 aromatic carbocycles. The van der Waals surface area contributed by atoms with Gasteiger partial charge in [-0.3, -0.25) is 0 Å². The SMILES string of the molecule is COc1cccc(CNc2ncnc(N)c2C(C)C)c1. The Labute approximate surface area is 119 Å². The Bertz CT molecular complexity index is 584. The molecule has 106 valence electrons. The molecule has 0 saturated carbocycles. The minimum Gasteiger partial charge on any atom is -0.497 e. The fraction of sp³-hybridized carbons (Fsp3) is 0.333. The summed E-state index contributed by atoms with van der Waals surface area (Å²) < 4.78 is 5.21. The Morgan fingerprint density at radius 3 is 2.80 bits per heavy atom. The van der Waals surface area contributed by atoms with Gasteiger partial charge in [-0.05, 0) is 23.6 Å². The lowest BCUT2D eigenvalue weighted by Crippen LogP contribution is -2.09. The molecule has 0 radical (unpaired) electrons. The summed E-state index contributed by atoms with van der Waals surface area (Å²) in [5.74, 6) is 2.43. The molecule has 0 spiro atoms. The lowest BCUT2D eigenvalue weighted by atomic mass is 10.0. The van der Waals surface area contributed by atoms with Gasteiger partial charge in [-0.1, -0.05) is 26.0 Å². The van der Waals surface area contributed by atoms with Crippen LogP contribution in [0.15, 0.2) is 30.6 Å². The Morgan fingerprint density at radius 1 is 1.30 bits per heavy atom. The van der Waals surface area contributed by atoms with Gasteiger partial charge in [-0.2, -0.15) is 0 Å². The fourth-order valence-corrected chi connectivity index (χ4v) is 2.09. The van der Waals surface area contributed by atoms with E-state index in [1.54, 1.807) is 7.11 Å². The first kappa shape index (κ1) is 14.1. The van der Waals surface area contributed by atoms with Crippen molar-refractivity contribution in [2.24, 2.45) is 0 Å². The zero-order valence-electron chi connectivity index (χ0n) is 12.1. The molecule has 3 N–H and O–H groups in total. The number of rotatable bonds is 5. The third kappa shape index (κ3) is 3.17. The van der Waals surface area contributed by atoms with Crippen molar-refractivity contribution in [2.45, 2.75) is 26.3 Å². The second-order valence-electron chi connectivity index (χ2n) is 4.88. The fourth-order valence-electron chi connectivity index (χ4n) is 2.09. The van der Waals surface area contributed by atoms with Crippen LogP contribution in [0.5, 0.6) is 5.75 Å². The maximum atomic E-state index is 5.93. The highest BCUT2D eigenvalue weighted by Crippen LogP contribution is 2.26. The van der Waals surface area contributed by atoms with Crippen molar-refractivity contribution in [3.63, 3.8) is 0 Å². The molecule has 5 heteroatoms. The van der Waals surface area contributed by atoms with Gasteiger partial charge in [-0.15, -0.1) is 0 Å². The smallest absolute Gasteiger partial charge is 0.135 e. The molecule has 0 aliphatic carbocycles. The van der Waals surface area contributed by atoms with E-state index < -0.39 is 0 Å². The molecule has 2 aromatic rings. The van der Waals surface area contributed by atoms with Crippen LogP contribution in [0, 0.1) is 0 Å². The number of hydrogen-bond donors (Lipinski definition) is 2. The topological polar surface area (TPSA) is 73.1 Å². The first-order valence-corrected chi connectivity index (χ1v) is 6.59. The van der Waals surface area contributed by atoms with Crippen molar-refractivity contribution in [1.29, 1.82) is 0 Å². The van der Waals surface area contributed by atoms with Crippen molar-refractivity contribution in [3.05, 3.63) is 41.7 Å². The van der Waals surface area contributed by atoms with Crippen LogP contribution in [0.4, 0.5) is 11.6 Å². The van der Waals surface area contributed by atoms with Gasteiger partial charge in [0.2, 0.25) is 0 Å². The van der Waals surface area contributed by atoms with Crippen LogP contribution in [0.2, 0.25) is 0 Å². The molecule has 0 atom stereocenters. The minimum absolute atomic E-state index is 0.268. The van der Waals surface area contributed by atoms with Gasteiger partial charge >= 0.3 is 0 Å². The van der Waals surface area contributed by atoms with Gasteiger partial charge in [0, 0.05) is 12.1 Å². The van der Waals surface area contributed by atoms with E-state index in [2.05, 4.69) is 29.1 Å². The standard InChI is InChI=1S/C15H20N4O/c1-10(2)13-14(16)18-9-19-15(13)17-8-11-5-4-6-12(7-11)20-3/h4-7,9-10H,8H2,1-3H3,(H3,16,17,18,19). The van der Waals surface area contributed by atoms with E-state index >= 15 is 0 Å². The summed E-state index contributed by atoms with van der Waals surface area (Å²) in [6, 6.07) is 7.92. The lowest BCUT2D eigenvalue weighted by Gasteiger charge is -2.15. The number of aromatic nitrogens is 2. The molecule has 0 amide bonds. The Kier molecular flexibility index (Phi) is 4.40. The van der Waals surface area contributed by atoms with E-state index in [0.717, 1.165) is 22.7 Å². The number of nitrogens with two attached hydrogens (primary N) is 1. The second kappa shape index (κ2) is 6.23. The number of anilines is 2. The first-order chi connectivity index (χ1) is 9.61. The van der Waals surface area contributed by atoms with Crippen LogP contribution in [0.25, 0.3) is 0 Å². The molecular formula is C15H20N4O. The van der Waals surface area contributed by atoms with Crippen LogP contribution < -0.4 is 15.8 Å². The van der Waals surface area contributed by atoms with Crippen molar-refractivity contribution in [2.75, 3.05) is 18.2 Å². The number of nitrogens with one attached hydrogen (secondary N) is 1. The van der Waals surface area contributed by atoms with Crippen molar-refractivity contribution in [1.82, 2.24) is 9.97 Å². The molecule has 0 bridgehead atoms. The summed E-state index contributed by atoms with van der Waals surface area (Å²) in [6.45, 7) is 4.81. The van der Waals surface area contributed by atoms with E-state index in [-0.39, 0.29) is 5.92 Å². The Hall–Kier alpha value is -2.30. The third-order valence-corrected chi connectivity index (χ3v) is 3.09. The molecule has 2 rings (SSSR count). The summed E-state index contributed by atoms with van der Waals surface area (Å²) >= 11 is 0. The molecular weight excluding hydrogens is 252 g/mol. The summed E-state index contributed by atoms with van der Waals surface area (Å²) in [6.07, 6.45) is 1.48. The lowest BCUT2D eigenvalue weighted by molar-refractivity contribution is 0.414. The zero-order chi connectivity index (χ0) is 14.5. The molecule has 5 nitrogen and oxygen atoms in total. The van der Waals surface area contributed by atoms with Crippen LogP contribution in [0.3, 0.4) is 0 Å². The zero-order valence-corrected chi connectivity index (χ0v) is 12.1. The monoisotopic (exact) mass is 272 g/mol. The second-order valence-corrected chi connectivity index (χ2v) is 4.88. The van der Waals surface area contributed by atoms with E-state index in [1.165, 1.54) is 6.33 Å². The van der Waals surface area contributed by atoms with Crippen molar-refractivity contribution in [3.8, 4) is 5.75 Å². The average Bonchev–Trinajstić information content (AvgIpc) is 2.45. The predicted octanol–water partition coefficient (Wildman–Crippen LogP) is 2.80. The van der Waals surface area contributed by atoms with Gasteiger partial charge in [0.25, 0.3) is 0 Å². The number of methoxy groups -OCH3 is 1. The van der Waals surface area contributed by atoms with Gasteiger partial charge in [0.05, 0.1) is 7.11 Å². The van der Waals surface area contributed by atoms with E-state index in [1.807, 2.05) is 24.3 Å². The van der Waals surface area contributed by atoms with E-state index in [9.17, 15) is 0 Å². The van der Waals surface area contributed by atoms with Crippen LogP contribution >= 0.6 is 0 Å². The molecule has 1 aromatic heterocycles. The predicted molar refractivity (Wildman–Crippen MR) is 80.9 cm³/mol. The molecule has 0 unspecified atom stereocenters. The Balaban J connectivity index is 2.16. The van der Waals surface area contributed by atoms with Crippen LogP contribution in [-0.4, -0.2) is 17.1 Å². The first-order valence-electron chi connectivity index (χ1n) is 6.59. The third-order valence-electron chi connectivity index (χ3n) is 3.09. The van der Waals surface area contributed by atoms with Crippen molar-refractivity contribution < 1.29 is 4.74 Å². The quantitative estimate of drug-likeness (QED) is 0.875. The highest BCUT2D eigenvalue weighted by molar-refractivity contribution is 5.56. The number of benzene rings is 1. The number of nitrogens with zero attached hydrogens (tertiary/aromatic N) is 2.